The molecule has 2 aromatic rings. The van der Waals surface area contributed by atoms with Crippen molar-refractivity contribution in [2.24, 2.45) is 0 Å². The molecular weight excluding hydrogens is 308 g/mol. The molecule has 0 saturated carbocycles. The van der Waals surface area contributed by atoms with Crippen LogP contribution in [-0.2, 0) is 11.2 Å². The molecule has 1 aromatic heterocycles. The average molecular weight is 323 g/mol. The highest BCUT2D eigenvalue weighted by Gasteiger charge is 2.08. The number of furan rings is 1. The Hall–Kier alpha value is -1.75. The van der Waals surface area contributed by atoms with Crippen molar-refractivity contribution in [2.75, 3.05) is 11.1 Å². The average Bonchev–Trinajstić information content (AvgIpc) is 2.86. The maximum absolute atomic E-state index is 11.8. The second-order valence-electron chi connectivity index (χ2n) is 4.32. The zero-order valence-corrected chi connectivity index (χ0v) is 12.2. The fourth-order valence-corrected chi connectivity index (χ4v) is 2.25. The van der Waals surface area contributed by atoms with Crippen LogP contribution in [0.1, 0.15) is 17.7 Å². The third-order valence-electron chi connectivity index (χ3n) is 2.81. The van der Waals surface area contributed by atoms with Crippen molar-refractivity contribution in [3.05, 3.63) is 46.3 Å². The standard InChI is InChI=1S/C14H15BrN2O2/c1-9-7-11(15)13(8-12(9)16)17-14(18)5-4-10-3-2-6-19-10/h2-3,6-8H,4-5,16H2,1H3,(H,17,18). The third kappa shape index (κ3) is 3.61. The lowest BCUT2D eigenvalue weighted by atomic mass is 10.2. The molecule has 0 atom stereocenters. The maximum atomic E-state index is 11.8. The fraction of sp³-hybridized carbons (Fsp3) is 0.214. The number of nitrogens with one attached hydrogen (secondary N) is 1. The molecule has 0 radical (unpaired) electrons. The quantitative estimate of drug-likeness (QED) is 0.846. The Morgan fingerprint density at radius 1 is 1.47 bits per heavy atom. The number of hydrogen-bond donors (Lipinski definition) is 2. The van der Waals surface area contributed by atoms with Gasteiger partial charge >= 0.3 is 0 Å². The molecule has 0 aliphatic rings. The zero-order valence-electron chi connectivity index (χ0n) is 10.6. The lowest BCUT2D eigenvalue weighted by Gasteiger charge is -2.10. The lowest BCUT2D eigenvalue weighted by Crippen LogP contribution is -2.13. The van der Waals surface area contributed by atoms with E-state index >= 15 is 0 Å². The molecular formula is C14H15BrN2O2. The summed E-state index contributed by atoms with van der Waals surface area (Å²) in [5, 5.41) is 2.83. The van der Waals surface area contributed by atoms with Crippen LogP contribution in [0.3, 0.4) is 0 Å². The van der Waals surface area contributed by atoms with Gasteiger partial charge < -0.3 is 15.5 Å². The molecule has 0 aliphatic carbocycles. The Labute approximate surface area is 120 Å². The lowest BCUT2D eigenvalue weighted by molar-refractivity contribution is -0.116. The van der Waals surface area contributed by atoms with Crippen molar-refractivity contribution in [1.29, 1.82) is 0 Å². The summed E-state index contributed by atoms with van der Waals surface area (Å²) >= 11 is 3.41. The first-order valence-corrected chi connectivity index (χ1v) is 6.73. The fourth-order valence-electron chi connectivity index (χ4n) is 1.69. The molecule has 0 spiro atoms. The number of nitrogen functional groups attached to an aromatic ring is 1. The monoisotopic (exact) mass is 322 g/mol. The second kappa shape index (κ2) is 5.93. The highest BCUT2D eigenvalue weighted by atomic mass is 79.9. The summed E-state index contributed by atoms with van der Waals surface area (Å²) in [6.07, 6.45) is 2.55. The van der Waals surface area contributed by atoms with Crippen LogP contribution in [-0.4, -0.2) is 5.91 Å². The van der Waals surface area contributed by atoms with Crippen molar-refractivity contribution in [2.45, 2.75) is 19.8 Å². The zero-order chi connectivity index (χ0) is 13.8. The second-order valence-corrected chi connectivity index (χ2v) is 5.17. The summed E-state index contributed by atoms with van der Waals surface area (Å²) in [7, 11) is 0. The van der Waals surface area contributed by atoms with Crippen LogP contribution in [0.4, 0.5) is 11.4 Å². The molecule has 0 saturated heterocycles. The Morgan fingerprint density at radius 3 is 2.95 bits per heavy atom. The van der Waals surface area contributed by atoms with E-state index in [-0.39, 0.29) is 5.91 Å². The number of halogens is 1. The van der Waals surface area contributed by atoms with Crippen LogP contribution in [0.15, 0.2) is 39.4 Å². The van der Waals surface area contributed by atoms with Gasteiger partial charge in [-0.15, -0.1) is 0 Å². The SMILES string of the molecule is Cc1cc(Br)c(NC(=O)CCc2ccco2)cc1N. The molecule has 4 nitrogen and oxygen atoms in total. The predicted molar refractivity (Wildman–Crippen MR) is 79.0 cm³/mol. The molecule has 19 heavy (non-hydrogen) atoms. The van der Waals surface area contributed by atoms with Gasteiger partial charge in [-0.2, -0.15) is 0 Å². The summed E-state index contributed by atoms with van der Waals surface area (Å²) in [6.45, 7) is 1.92. The van der Waals surface area contributed by atoms with Gasteiger partial charge in [-0.3, -0.25) is 4.79 Å². The molecule has 1 amide bonds. The van der Waals surface area contributed by atoms with Gasteiger partial charge in [0.15, 0.2) is 0 Å². The first-order valence-electron chi connectivity index (χ1n) is 5.94. The summed E-state index contributed by atoms with van der Waals surface area (Å²) in [5.74, 6) is 0.734. The van der Waals surface area contributed by atoms with Crippen LogP contribution in [0.2, 0.25) is 0 Å². The smallest absolute Gasteiger partial charge is 0.224 e. The molecule has 0 fully saturated rings. The number of amides is 1. The molecule has 1 heterocycles. The first-order chi connectivity index (χ1) is 9.06. The van der Waals surface area contributed by atoms with E-state index < -0.39 is 0 Å². The Kier molecular flexibility index (Phi) is 4.27. The molecule has 2 rings (SSSR count). The van der Waals surface area contributed by atoms with Crippen LogP contribution >= 0.6 is 15.9 Å². The van der Waals surface area contributed by atoms with E-state index in [1.165, 1.54) is 0 Å². The third-order valence-corrected chi connectivity index (χ3v) is 3.46. The number of benzene rings is 1. The van der Waals surface area contributed by atoms with Crippen LogP contribution in [0, 0.1) is 6.92 Å². The first kappa shape index (κ1) is 13.7. The molecule has 0 aliphatic heterocycles. The molecule has 1 aromatic carbocycles. The number of hydrogen-bond acceptors (Lipinski definition) is 3. The minimum Gasteiger partial charge on any atom is -0.469 e. The minimum absolute atomic E-state index is 0.0691. The highest BCUT2D eigenvalue weighted by molar-refractivity contribution is 9.10. The summed E-state index contributed by atoms with van der Waals surface area (Å²) in [5.41, 5.74) is 8.15. The maximum Gasteiger partial charge on any atom is 0.224 e. The van der Waals surface area contributed by atoms with Crippen molar-refractivity contribution >= 4 is 33.2 Å². The number of carbonyl (C=O) groups is 1. The molecule has 0 unspecified atom stereocenters. The van der Waals surface area contributed by atoms with Gasteiger partial charge in [0.1, 0.15) is 5.76 Å². The van der Waals surface area contributed by atoms with E-state index in [9.17, 15) is 4.79 Å². The van der Waals surface area contributed by atoms with E-state index in [1.807, 2.05) is 25.1 Å². The van der Waals surface area contributed by atoms with Gasteiger partial charge in [0.25, 0.3) is 0 Å². The van der Waals surface area contributed by atoms with E-state index in [0.717, 1.165) is 15.8 Å². The number of carbonyl (C=O) groups excluding carboxylic acids is 1. The van der Waals surface area contributed by atoms with E-state index in [0.29, 0.717) is 24.2 Å². The van der Waals surface area contributed by atoms with Crippen molar-refractivity contribution in [3.8, 4) is 0 Å². The van der Waals surface area contributed by atoms with Crippen molar-refractivity contribution in [3.63, 3.8) is 0 Å². The number of nitrogens with two attached hydrogens (primary N) is 1. The van der Waals surface area contributed by atoms with Crippen LogP contribution in [0.5, 0.6) is 0 Å². The van der Waals surface area contributed by atoms with E-state index in [1.54, 1.807) is 12.3 Å². The predicted octanol–water partition coefficient (Wildman–Crippen LogP) is 3.50. The summed E-state index contributed by atoms with van der Waals surface area (Å²) in [4.78, 5) is 11.8. The Balaban J connectivity index is 1.97. The van der Waals surface area contributed by atoms with Crippen molar-refractivity contribution < 1.29 is 9.21 Å². The Bertz CT molecular complexity index is 579. The van der Waals surface area contributed by atoms with Crippen LogP contribution < -0.4 is 11.1 Å². The largest absolute Gasteiger partial charge is 0.469 e. The Morgan fingerprint density at radius 2 is 2.26 bits per heavy atom. The van der Waals surface area contributed by atoms with Gasteiger partial charge in [0, 0.05) is 23.0 Å². The number of aryl methyl sites for hydroxylation is 2. The number of rotatable bonds is 4. The molecule has 0 bridgehead atoms. The topological polar surface area (TPSA) is 68.3 Å². The van der Waals surface area contributed by atoms with Gasteiger partial charge in [0.2, 0.25) is 5.91 Å². The van der Waals surface area contributed by atoms with E-state index in [4.69, 9.17) is 10.2 Å². The van der Waals surface area contributed by atoms with Gasteiger partial charge in [-0.25, -0.2) is 0 Å². The number of anilines is 2. The highest BCUT2D eigenvalue weighted by Crippen LogP contribution is 2.27. The van der Waals surface area contributed by atoms with Gasteiger partial charge in [-0.05, 0) is 52.7 Å². The summed E-state index contributed by atoms with van der Waals surface area (Å²) < 4.78 is 6.01. The minimum atomic E-state index is -0.0691. The summed E-state index contributed by atoms with van der Waals surface area (Å²) in [6, 6.07) is 7.30. The normalized spacial score (nSPS) is 10.4. The molecule has 3 N–H and O–H groups in total. The van der Waals surface area contributed by atoms with Crippen LogP contribution in [0.25, 0.3) is 0 Å². The van der Waals surface area contributed by atoms with Gasteiger partial charge in [-0.1, -0.05) is 0 Å². The van der Waals surface area contributed by atoms with E-state index in [2.05, 4.69) is 21.2 Å². The molecule has 100 valence electrons. The molecule has 5 heteroatoms. The van der Waals surface area contributed by atoms with Crippen molar-refractivity contribution in [1.82, 2.24) is 0 Å². The van der Waals surface area contributed by atoms with Gasteiger partial charge in [0.05, 0.1) is 12.0 Å².